The Labute approximate surface area is 192 Å². The molecule has 0 aromatic heterocycles. The largest absolute Gasteiger partial charge is 0.463 e. The molecule has 0 fully saturated rings. The number of hydrogen-bond acceptors (Lipinski definition) is 8. The standard InChI is InChI=1S/2C12H20O4/c2*1-3-5-9-15-11(13)7-8-12(14)16-10-6-4-2/h2*7-8H,3-6,9-10H2,1-2H3. The van der Waals surface area contributed by atoms with Gasteiger partial charge in [-0.05, 0) is 25.7 Å². The molecular weight excluding hydrogens is 416 g/mol. The van der Waals surface area contributed by atoms with Crippen molar-refractivity contribution in [2.45, 2.75) is 79.1 Å². The van der Waals surface area contributed by atoms with Crippen molar-refractivity contribution in [3.63, 3.8) is 0 Å². The molecule has 0 atom stereocenters. The van der Waals surface area contributed by atoms with Crippen LogP contribution in [-0.2, 0) is 38.1 Å². The van der Waals surface area contributed by atoms with Gasteiger partial charge >= 0.3 is 23.9 Å². The Hall–Kier alpha value is -2.64. The Bertz CT molecular complexity index is 468. The van der Waals surface area contributed by atoms with E-state index in [0.29, 0.717) is 26.4 Å². The minimum Gasteiger partial charge on any atom is -0.463 e. The van der Waals surface area contributed by atoms with Crippen LogP contribution in [0.1, 0.15) is 79.1 Å². The molecule has 0 saturated carbocycles. The highest BCUT2D eigenvalue weighted by Crippen LogP contribution is 1.93. The lowest BCUT2D eigenvalue weighted by Crippen LogP contribution is -2.05. The van der Waals surface area contributed by atoms with Gasteiger partial charge in [-0.25, -0.2) is 19.2 Å². The maximum atomic E-state index is 11.0. The zero-order chi connectivity index (χ0) is 24.5. The Kier molecular flexibility index (Phi) is 24.3. The molecule has 0 spiro atoms. The molecule has 8 nitrogen and oxygen atoms in total. The fourth-order valence-electron chi connectivity index (χ4n) is 1.73. The average Bonchev–Trinajstić information content (AvgIpc) is 2.77. The van der Waals surface area contributed by atoms with E-state index in [-0.39, 0.29) is 0 Å². The SMILES string of the molecule is CCCCOC(=O)C=CC(=O)OCCCC.CCCCOC(=O)C=CC(=O)OCCCC. The number of hydrogen-bond donors (Lipinski definition) is 0. The highest BCUT2D eigenvalue weighted by Gasteiger charge is 2.01. The number of esters is 4. The molecule has 184 valence electrons. The van der Waals surface area contributed by atoms with Crippen LogP contribution >= 0.6 is 0 Å². The summed E-state index contributed by atoms with van der Waals surface area (Å²) in [5, 5.41) is 0. The molecule has 0 aliphatic rings. The van der Waals surface area contributed by atoms with Crippen LogP contribution in [0.3, 0.4) is 0 Å². The van der Waals surface area contributed by atoms with E-state index in [9.17, 15) is 19.2 Å². The molecule has 0 rings (SSSR count). The van der Waals surface area contributed by atoms with Crippen LogP contribution in [0, 0.1) is 0 Å². The van der Waals surface area contributed by atoms with Crippen molar-refractivity contribution < 1.29 is 38.1 Å². The van der Waals surface area contributed by atoms with Crippen molar-refractivity contribution in [2.24, 2.45) is 0 Å². The van der Waals surface area contributed by atoms with Gasteiger partial charge in [-0.15, -0.1) is 0 Å². The first-order valence-corrected chi connectivity index (χ1v) is 11.4. The fraction of sp³-hybridized carbons (Fsp3) is 0.667. The lowest BCUT2D eigenvalue weighted by atomic mass is 10.4. The lowest BCUT2D eigenvalue weighted by molar-refractivity contribution is -0.140. The molecule has 0 aliphatic heterocycles. The predicted octanol–water partition coefficient (Wildman–Crippen LogP) is 4.46. The number of unbranched alkanes of at least 4 members (excludes halogenated alkanes) is 4. The van der Waals surface area contributed by atoms with Gasteiger partial charge in [-0.3, -0.25) is 0 Å². The molecule has 0 aromatic carbocycles. The minimum atomic E-state index is -0.499. The van der Waals surface area contributed by atoms with Crippen LogP contribution in [0.4, 0.5) is 0 Å². The van der Waals surface area contributed by atoms with Gasteiger partial charge in [0.25, 0.3) is 0 Å². The fourth-order valence-corrected chi connectivity index (χ4v) is 1.73. The molecule has 0 saturated heterocycles. The van der Waals surface area contributed by atoms with Gasteiger partial charge in [0, 0.05) is 24.3 Å². The molecule has 0 amide bonds. The van der Waals surface area contributed by atoms with E-state index >= 15 is 0 Å². The highest BCUT2D eigenvalue weighted by atomic mass is 16.5. The molecule has 0 bridgehead atoms. The zero-order valence-electron chi connectivity index (χ0n) is 20.1. The minimum absolute atomic E-state index is 0.393. The van der Waals surface area contributed by atoms with Crippen molar-refractivity contribution >= 4 is 23.9 Å². The van der Waals surface area contributed by atoms with Crippen LogP contribution in [0.5, 0.6) is 0 Å². The topological polar surface area (TPSA) is 105 Å². The molecule has 32 heavy (non-hydrogen) atoms. The van der Waals surface area contributed by atoms with Gasteiger partial charge in [-0.2, -0.15) is 0 Å². The van der Waals surface area contributed by atoms with E-state index in [4.69, 9.17) is 18.9 Å². The van der Waals surface area contributed by atoms with Crippen molar-refractivity contribution in [3.05, 3.63) is 24.3 Å². The zero-order valence-corrected chi connectivity index (χ0v) is 20.1. The maximum Gasteiger partial charge on any atom is 0.331 e. The summed E-state index contributed by atoms with van der Waals surface area (Å²) in [5.74, 6) is -2.00. The van der Waals surface area contributed by atoms with Crippen LogP contribution in [-0.4, -0.2) is 50.3 Å². The highest BCUT2D eigenvalue weighted by molar-refractivity contribution is 5.92. The average molecular weight is 457 g/mol. The first-order chi connectivity index (χ1) is 15.4. The quantitative estimate of drug-likeness (QED) is 0.145. The van der Waals surface area contributed by atoms with Crippen LogP contribution in [0.2, 0.25) is 0 Å². The van der Waals surface area contributed by atoms with Crippen LogP contribution in [0.25, 0.3) is 0 Å². The summed E-state index contributed by atoms with van der Waals surface area (Å²) < 4.78 is 19.3. The third-order valence-corrected chi connectivity index (χ3v) is 3.68. The van der Waals surface area contributed by atoms with E-state index in [0.717, 1.165) is 75.7 Å². The lowest BCUT2D eigenvalue weighted by Gasteiger charge is -2.00. The van der Waals surface area contributed by atoms with Gasteiger partial charge in [0.1, 0.15) is 0 Å². The van der Waals surface area contributed by atoms with Crippen molar-refractivity contribution in [1.29, 1.82) is 0 Å². The Morgan fingerprint density at radius 3 is 0.781 bits per heavy atom. The molecule has 0 aromatic rings. The molecule has 0 aliphatic carbocycles. The summed E-state index contributed by atoms with van der Waals surface area (Å²) in [6.07, 6.45) is 11.6. The van der Waals surface area contributed by atoms with Crippen molar-refractivity contribution in [1.82, 2.24) is 0 Å². The van der Waals surface area contributed by atoms with E-state index in [1.807, 2.05) is 27.7 Å². The Balaban J connectivity index is 0. The summed E-state index contributed by atoms with van der Waals surface area (Å²) in [5.41, 5.74) is 0. The normalized spacial score (nSPS) is 10.4. The summed E-state index contributed by atoms with van der Waals surface area (Å²) in [7, 11) is 0. The van der Waals surface area contributed by atoms with Crippen molar-refractivity contribution in [3.8, 4) is 0 Å². The van der Waals surface area contributed by atoms with Gasteiger partial charge in [0.15, 0.2) is 0 Å². The van der Waals surface area contributed by atoms with Crippen LogP contribution < -0.4 is 0 Å². The molecule has 0 heterocycles. The molecule has 0 N–H and O–H groups in total. The molecular formula is C24H40O8. The van der Waals surface area contributed by atoms with Crippen LogP contribution in [0.15, 0.2) is 24.3 Å². The Morgan fingerprint density at radius 2 is 0.625 bits per heavy atom. The summed E-state index contributed by atoms with van der Waals surface area (Å²) >= 11 is 0. The van der Waals surface area contributed by atoms with Gasteiger partial charge in [0.2, 0.25) is 0 Å². The second-order valence-corrected chi connectivity index (χ2v) is 6.75. The summed E-state index contributed by atoms with van der Waals surface area (Å²) in [6.45, 7) is 9.61. The number of rotatable bonds is 16. The monoisotopic (exact) mass is 456 g/mol. The Morgan fingerprint density at radius 1 is 0.438 bits per heavy atom. The van der Waals surface area contributed by atoms with E-state index < -0.39 is 23.9 Å². The third-order valence-electron chi connectivity index (χ3n) is 3.68. The number of ether oxygens (including phenoxy) is 4. The van der Waals surface area contributed by atoms with Gasteiger partial charge in [0.05, 0.1) is 26.4 Å². The predicted molar refractivity (Wildman–Crippen MR) is 122 cm³/mol. The summed E-state index contributed by atoms with van der Waals surface area (Å²) in [6, 6.07) is 0. The smallest absolute Gasteiger partial charge is 0.331 e. The van der Waals surface area contributed by atoms with Crippen molar-refractivity contribution in [2.75, 3.05) is 26.4 Å². The van der Waals surface area contributed by atoms with E-state index in [2.05, 4.69) is 0 Å². The van der Waals surface area contributed by atoms with E-state index in [1.54, 1.807) is 0 Å². The maximum absolute atomic E-state index is 11.0. The van der Waals surface area contributed by atoms with Gasteiger partial charge in [-0.1, -0.05) is 53.4 Å². The van der Waals surface area contributed by atoms with E-state index in [1.165, 1.54) is 0 Å². The third kappa shape index (κ3) is 25.4. The second-order valence-electron chi connectivity index (χ2n) is 6.75. The molecule has 0 unspecified atom stereocenters. The number of carbonyl (C=O) groups is 4. The molecule has 8 heteroatoms. The summed E-state index contributed by atoms with van der Waals surface area (Å²) in [4.78, 5) is 44.1. The first-order valence-electron chi connectivity index (χ1n) is 11.4. The second kappa shape index (κ2) is 24.6. The number of carbonyl (C=O) groups excluding carboxylic acids is 4. The molecule has 0 radical (unpaired) electrons. The first kappa shape index (κ1) is 31.5. The van der Waals surface area contributed by atoms with Gasteiger partial charge < -0.3 is 18.9 Å².